The Morgan fingerprint density at radius 1 is 1.42 bits per heavy atom. The molecule has 0 aliphatic heterocycles. The van der Waals surface area contributed by atoms with E-state index in [-0.39, 0.29) is 5.91 Å². The highest BCUT2D eigenvalue weighted by atomic mass is 32.2. The van der Waals surface area contributed by atoms with Crippen LogP contribution in [0.15, 0.2) is 18.2 Å². The lowest BCUT2D eigenvalue weighted by Crippen LogP contribution is -2.16. The standard InChI is InChI=1S/C15H22N2OS/c1-11-6-7-14(13(16)8-11)17-15(18)10-19-9-12-4-2-3-5-12/h6-8,12H,2-5,9-10,16H2,1H3,(H,17,18). The van der Waals surface area contributed by atoms with E-state index in [4.69, 9.17) is 5.73 Å². The fraction of sp³-hybridized carbons (Fsp3) is 0.533. The molecule has 0 unspecified atom stereocenters. The molecule has 1 fully saturated rings. The van der Waals surface area contributed by atoms with Crippen LogP contribution in [0, 0.1) is 12.8 Å². The van der Waals surface area contributed by atoms with Crippen LogP contribution in [-0.2, 0) is 4.79 Å². The molecule has 19 heavy (non-hydrogen) atoms. The first-order valence-corrected chi connectivity index (χ1v) is 8.04. The van der Waals surface area contributed by atoms with Crippen molar-refractivity contribution in [2.75, 3.05) is 22.6 Å². The second kappa shape index (κ2) is 6.85. The predicted molar refractivity (Wildman–Crippen MR) is 83.5 cm³/mol. The maximum Gasteiger partial charge on any atom is 0.234 e. The van der Waals surface area contributed by atoms with Crippen LogP contribution in [0.25, 0.3) is 0 Å². The molecule has 0 bridgehead atoms. The Labute approximate surface area is 119 Å². The van der Waals surface area contributed by atoms with Crippen LogP contribution in [0.4, 0.5) is 11.4 Å². The van der Waals surface area contributed by atoms with Gasteiger partial charge in [0.1, 0.15) is 0 Å². The van der Waals surface area contributed by atoms with Crippen LogP contribution in [0.1, 0.15) is 31.2 Å². The van der Waals surface area contributed by atoms with E-state index in [1.54, 1.807) is 11.8 Å². The number of nitrogens with two attached hydrogens (primary N) is 1. The van der Waals surface area contributed by atoms with Gasteiger partial charge in [0.25, 0.3) is 0 Å². The smallest absolute Gasteiger partial charge is 0.234 e. The molecule has 0 aromatic heterocycles. The number of nitrogen functional groups attached to an aromatic ring is 1. The Morgan fingerprint density at radius 2 is 2.16 bits per heavy atom. The molecule has 104 valence electrons. The highest BCUT2D eigenvalue weighted by molar-refractivity contribution is 7.99. The number of benzene rings is 1. The maximum atomic E-state index is 11.8. The summed E-state index contributed by atoms with van der Waals surface area (Å²) >= 11 is 1.73. The van der Waals surface area contributed by atoms with Crippen LogP contribution in [0.2, 0.25) is 0 Å². The molecule has 0 saturated heterocycles. The van der Waals surface area contributed by atoms with Crippen molar-refractivity contribution in [1.29, 1.82) is 0 Å². The maximum absolute atomic E-state index is 11.8. The number of thioether (sulfide) groups is 1. The van der Waals surface area contributed by atoms with Crippen molar-refractivity contribution >= 4 is 29.0 Å². The Bertz CT molecular complexity index is 442. The summed E-state index contributed by atoms with van der Waals surface area (Å²) in [4.78, 5) is 11.8. The van der Waals surface area contributed by atoms with Gasteiger partial charge in [-0.25, -0.2) is 0 Å². The van der Waals surface area contributed by atoms with E-state index in [2.05, 4.69) is 5.32 Å². The molecule has 1 amide bonds. The van der Waals surface area contributed by atoms with E-state index in [0.29, 0.717) is 11.4 Å². The minimum Gasteiger partial charge on any atom is -0.397 e. The molecule has 3 N–H and O–H groups in total. The number of aryl methyl sites for hydroxylation is 1. The Hall–Kier alpha value is -1.16. The van der Waals surface area contributed by atoms with Crippen molar-refractivity contribution in [1.82, 2.24) is 0 Å². The molecule has 4 heteroatoms. The zero-order valence-corrected chi connectivity index (χ0v) is 12.3. The second-order valence-corrected chi connectivity index (χ2v) is 6.33. The van der Waals surface area contributed by atoms with Crippen molar-refractivity contribution in [3.05, 3.63) is 23.8 Å². The van der Waals surface area contributed by atoms with Crippen molar-refractivity contribution in [3.8, 4) is 0 Å². The number of rotatable bonds is 5. The topological polar surface area (TPSA) is 55.1 Å². The average Bonchev–Trinajstić information content (AvgIpc) is 2.86. The lowest BCUT2D eigenvalue weighted by molar-refractivity contribution is -0.113. The number of amides is 1. The highest BCUT2D eigenvalue weighted by Gasteiger charge is 2.15. The van der Waals surface area contributed by atoms with Crippen LogP contribution in [0.5, 0.6) is 0 Å². The zero-order chi connectivity index (χ0) is 13.7. The molecule has 1 aromatic rings. The summed E-state index contributed by atoms with van der Waals surface area (Å²) in [6.07, 6.45) is 5.38. The summed E-state index contributed by atoms with van der Waals surface area (Å²) in [6.45, 7) is 1.99. The van der Waals surface area contributed by atoms with Gasteiger partial charge in [-0.2, -0.15) is 11.8 Å². The van der Waals surface area contributed by atoms with Crippen LogP contribution < -0.4 is 11.1 Å². The number of hydrogen-bond acceptors (Lipinski definition) is 3. The van der Waals surface area contributed by atoms with E-state index in [9.17, 15) is 4.79 Å². The molecule has 1 saturated carbocycles. The second-order valence-electron chi connectivity index (χ2n) is 5.30. The molecule has 0 radical (unpaired) electrons. The lowest BCUT2D eigenvalue weighted by atomic mass is 10.1. The van der Waals surface area contributed by atoms with Gasteiger partial charge in [-0.15, -0.1) is 0 Å². The highest BCUT2D eigenvalue weighted by Crippen LogP contribution is 2.28. The summed E-state index contributed by atoms with van der Waals surface area (Å²) in [5.41, 5.74) is 8.33. The van der Waals surface area contributed by atoms with Gasteiger partial charge >= 0.3 is 0 Å². The number of anilines is 2. The predicted octanol–water partition coefficient (Wildman–Crippen LogP) is 3.44. The molecule has 0 heterocycles. The van der Waals surface area contributed by atoms with Gasteiger partial charge in [-0.1, -0.05) is 18.9 Å². The molecule has 0 spiro atoms. The van der Waals surface area contributed by atoms with Crippen LogP contribution in [-0.4, -0.2) is 17.4 Å². The summed E-state index contributed by atoms with van der Waals surface area (Å²) < 4.78 is 0. The van der Waals surface area contributed by atoms with Gasteiger partial charge in [0.2, 0.25) is 5.91 Å². The Morgan fingerprint density at radius 3 is 2.84 bits per heavy atom. The molecule has 1 aromatic carbocycles. The van der Waals surface area contributed by atoms with Gasteiger partial charge in [0.05, 0.1) is 17.1 Å². The molecular weight excluding hydrogens is 256 g/mol. The summed E-state index contributed by atoms with van der Waals surface area (Å²) in [5.74, 6) is 2.49. The Balaban J connectivity index is 1.74. The molecule has 0 atom stereocenters. The molecular formula is C15H22N2OS. The number of hydrogen-bond donors (Lipinski definition) is 2. The third-order valence-electron chi connectivity index (χ3n) is 3.54. The van der Waals surface area contributed by atoms with Crippen molar-refractivity contribution < 1.29 is 4.79 Å². The summed E-state index contributed by atoms with van der Waals surface area (Å²) in [5, 5.41) is 2.88. The third kappa shape index (κ3) is 4.46. The number of carbonyl (C=O) groups excluding carboxylic acids is 1. The van der Waals surface area contributed by atoms with Gasteiger partial charge in [-0.05, 0) is 49.1 Å². The first-order valence-electron chi connectivity index (χ1n) is 6.89. The van der Waals surface area contributed by atoms with Gasteiger partial charge < -0.3 is 11.1 Å². The fourth-order valence-corrected chi connectivity index (χ4v) is 3.52. The van der Waals surface area contributed by atoms with E-state index in [1.165, 1.54) is 25.7 Å². The largest absolute Gasteiger partial charge is 0.397 e. The summed E-state index contributed by atoms with van der Waals surface area (Å²) in [7, 11) is 0. The van der Waals surface area contributed by atoms with Crippen LogP contribution >= 0.6 is 11.8 Å². The van der Waals surface area contributed by atoms with Crippen molar-refractivity contribution in [2.45, 2.75) is 32.6 Å². The third-order valence-corrected chi connectivity index (χ3v) is 4.72. The van der Waals surface area contributed by atoms with Gasteiger partial charge in [0.15, 0.2) is 0 Å². The lowest BCUT2D eigenvalue weighted by Gasteiger charge is -2.10. The minimum atomic E-state index is 0.0403. The van der Waals surface area contributed by atoms with Gasteiger partial charge in [-0.3, -0.25) is 4.79 Å². The fourth-order valence-electron chi connectivity index (χ4n) is 2.48. The molecule has 1 aliphatic carbocycles. The average molecular weight is 278 g/mol. The van der Waals surface area contributed by atoms with Gasteiger partial charge in [0, 0.05) is 0 Å². The number of nitrogens with one attached hydrogen (secondary N) is 1. The summed E-state index contributed by atoms with van der Waals surface area (Å²) in [6, 6.07) is 5.70. The van der Waals surface area contributed by atoms with E-state index < -0.39 is 0 Å². The zero-order valence-electron chi connectivity index (χ0n) is 11.4. The monoisotopic (exact) mass is 278 g/mol. The molecule has 2 rings (SSSR count). The SMILES string of the molecule is Cc1ccc(NC(=O)CSCC2CCCC2)c(N)c1. The van der Waals surface area contributed by atoms with E-state index in [1.807, 2.05) is 25.1 Å². The molecule has 3 nitrogen and oxygen atoms in total. The minimum absolute atomic E-state index is 0.0403. The van der Waals surface area contributed by atoms with E-state index >= 15 is 0 Å². The van der Waals surface area contributed by atoms with Crippen molar-refractivity contribution in [2.24, 2.45) is 5.92 Å². The number of carbonyl (C=O) groups is 1. The normalized spacial score (nSPS) is 15.6. The van der Waals surface area contributed by atoms with Crippen LogP contribution in [0.3, 0.4) is 0 Å². The van der Waals surface area contributed by atoms with E-state index in [0.717, 1.165) is 22.9 Å². The first kappa shape index (κ1) is 14.3. The van der Waals surface area contributed by atoms with Crippen molar-refractivity contribution in [3.63, 3.8) is 0 Å². The first-order chi connectivity index (χ1) is 9.15. The molecule has 1 aliphatic rings. The quantitative estimate of drug-likeness (QED) is 0.811. The Kier molecular flexibility index (Phi) is 5.14.